The van der Waals surface area contributed by atoms with Crippen molar-refractivity contribution in [2.24, 2.45) is 0 Å². The molecule has 0 N–H and O–H groups in total. The van der Waals surface area contributed by atoms with Gasteiger partial charge in [-0.1, -0.05) is 25.7 Å². The molecule has 0 aromatic carbocycles. The minimum Gasteiger partial charge on any atom is -0.418 e. The van der Waals surface area contributed by atoms with Crippen molar-refractivity contribution in [3.8, 4) is 0 Å². The molecular formula is C10H15F6K. The molecule has 1 atom stereocenters. The molecule has 0 aliphatic heterocycles. The van der Waals surface area contributed by atoms with Gasteiger partial charge < -0.3 is 8.78 Å². The van der Waals surface area contributed by atoms with Gasteiger partial charge in [0.15, 0.2) is 0 Å². The Balaban J connectivity index is 0. The van der Waals surface area contributed by atoms with E-state index in [2.05, 4.69) is 0 Å². The van der Waals surface area contributed by atoms with Gasteiger partial charge in [0.05, 0.1) is 0 Å². The summed E-state index contributed by atoms with van der Waals surface area (Å²) in [5.74, 6) is 0. The summed E-state index contributed by atoms with van der Waals surface area (Å²) in [5.41, 5.74) is 0. The second kappa shape index (κ2) is 11.1. The maximum Gasteiger partial charge on any atom is 1.00 e. The molecular weight excluding hydrogens is 273 g/mol. The van der Waals surface area contributed by atoms with E-state index in [9.17, 15) is 26.3 Å². The molecule has 0 saturated carbocycles. The summed E-state index contributed by atoms with van der Waals surface area (Å²) in [6.07, 6.45) is -7.85. The van der Waals surface area contributed by atoms with E-state index in [1.54, 1.807) is 0 Å². The molecule has 0 bridgehead atoms. The predicted octanol–water partition coefficient (Wildman–Crippen LogP) is 2.05. The van der Waals surface area contributed by atoms with Crippen molar-refractivity contribution in [1.82, 2.24) is 0 Å². The number of unbranched alkanes of at least 4 members (excludes halogenated alkanes) is 4. The molecule has 98 valence electrons. The van der Waals surface area contributed by atoms with E-state index in [4.69, 9.17) is 0 Å². The Morgan fingerprint density at radius 2 is 1.35 bits per heavy atom. The summed E-state index contributed by atoms with van der Waals surface area (Å²) in [7, 11) is 0. The molecule has 1 unspecified atom stereocenters. The van der Waals surface area contributed by atoms with Crippen molar-refractivity contribution in [3.63, 3.8) is 0 Å². The molecule has 7 heteroatoms. The maximum absolute atomic E-state index is 12.3. The fraction of sp³-hybridized carbons (Fsp3) is 0.900. The van der Waals surface area contributed by atoms with Gasteiger partial charge in [-0.3, -0.25) is 4.39 Å². The first-order valence-electron chi connectivity index (χ1n) is 5.21. The molecule has 0 fully saturated rings. The van der Waals surface area contributed by atoms with E-state index in [0.717, 1.165) is 0 Å². The van der Waals surface area contributed by atoms with Crippen molar-refractivity contribution in [2.45, 2.75) is 57.3 Å². The number of alkyl halides is 4. The number of hydrogen-bond donors (Lipinski definition) is 0. The minimum absolute atomic E-state index is 0. The Bertz CT molecular complexity index is 171. The van der Waals surface area contributed by atoms with Gasteiger partial charge in [-0.15, -0.1) is 0 Å². The van der Waals surface area contributed by atoms with Crippen LogP contribution >= 0.6 is 0 Å². The third-order valence-corrected chi connectivity index (χ3v) is 2.15. The van der Waals surface area contributed by atoms with Crippen molar-refractivity contribution >= 4 is 0 Å². The Labute approximate surface area is 140 Å². The standard InChI is InChI=1S/C10H15F6.K/c11-8(9(12)13)6-4-2-1-3-5-7-10(14,15)16;/h8H,1-7H2;/q-1;+1. The van der Waals surface area contributed by atoms with Gasteiger partial charge in [-0.05, 0) is 12.8 Å². The molecule has 0 saturated heterocycles. The summed E-state index contributed by atoms with van der Waals surface area (Å²) in [6.45, 7) is 0. The zero-order valence-electron chi connectivity index (χ0n) is 9.79. The molecule has 17 heavy (non-hydrogen) atoms. The van der Waals surface area contributed by atoms with Gasteiger partial charge in [0.2, 0.25) is 0 Å². The molecule has 0 radical (unpaired) electrons. The van der Waals surface area contributed by atoms with Crippen LogP contribution in [0.5, 0.6) is 0 Å². The monoisotopic (exact) mass is 288 g/mol. The van der Waals surface area contributed by atoms with Crippen LogP contribution in [0.4, 0.5) is 26.3 Å². The molecule has 0 nitrogen and oxygen atoms in total. The van der Waals surface area contributed by atoms with Gasteiger partial charge in [0, 0.05) is 19.0 Å². The molecule has 0 amide bonds. The minimum atomic E-state index is -4.13. The van der Waals surface area contributed by atoms with Crippen LogP contribution in [0.2, 0.25) is 0 Å². The third kappa shape index (κ3) is 15.2. The second-order valence-corrected chi connectivity index (χ2v) is 3.68. The molecule has 0 spiro atoms. The van der Waals surface area contributed by atoms with E-state index < -0.39 is 25.2 Å². The smallest absolute Gasteiger partial charge is 0.418 e. The van der Waals surface area contributed by atoms with E-state index in [1.165, 1.54) is 0 Å². The number of hydrogen-bond acceptors (Lipinski definition) is 0. The first-order valence-corrected chi connectivity index (χ1v) is 5.21. The summed E-state index contributed by atoms with van der Waals surface area (Å²) >= 11 is 0. The van der Waals surface area contributed by atoms with E-state index in [-0.39, 0.29) is 70.6 Å². The van der Waals surface area contributed by atoms with Crippen LogP contribution in [0.25, 0.3) is 0 Å². The Morgan fingerprint density at radius 3 is 1.82 bits per heavy atom. The Morgan fingerprint density at radius 1 is 0.882 bits per heavy atom. The largest absolute Gasteiger partial charge is 1.00 e. The molecule has 0 aromatic heterocycles. The number of halogens is 6. The van der Waals surface area contributed by atoms with Gasteiger partial charge in [0.25, 0.3) is 0 Å². The van der Waals surface area contributed by atoms with Crippen LogP contribution in [-0.2, 0) is 0 Å². The first-order chi connectivity index (χ1) is 7.33. The average molecular weight is 288 g/mol. The Hall–Kier alpha value is 1.22. The fourth-order valence-electron chi connectivity index (χ4n) is 1.29. The zero-order valence-corrected chi connectivity index (χ0v) is 12.9. The zero-order chi connectivity index (χ0) is 12.6. The van der Waals surface area contributed by atoms with Gasteiger partial charge in [-0.2, -0.15) is 13.2 Å². The van der Waals surface area contributed by atoms with Crippen molar-refractivity contribution in [2.75, 3.05) is 0 Å². The van der Waals surface area contributed by atoms with Crippen LogP contribution in [-0.4, -0.2) is 12.3 Å². The molecule has 0 rings (SSSR count). The van der Waals surface area contributed by atoms with Crippen LogP contribution in [0.15, 0.2) is 0 Å². The van der Waals surface area contributed by atoms with Crippen molar-refractivity contribution < 1.29 is 77.7 Å². The van der Waals surface area contributed by atoms with Crippen LogP contribution in [0, 0.1) is 6.43 Å². The summed E-state index contributed by atoms with van der Waals surface area (Å²) < 4.78 is 70.6. The molecule has 0 heterocycles. The van der Waals surface area contributed by atoms with Crippen molar-refractivity contribution in [3.05, 3.63) is 6.43 Å². The van der Waals surface area contributed by atoms with E-state index >= 15 is 0 Å². The van der Waals surface area contributed by atoms with Gasteiger partial charge in [0.1, 0.15) is 0 Å². The maximum atomic E-state index is 12.3. The Kier molecular flexibility index (Phi) is 13.4. The number of rotatable bonds is 8. The van der Waals surface area contributed by atoms with Gasteiger partial charge >= 0.3 is 57.6 Å². The van der Waals surface area contributed by atoms with E-state index in [0.29, 0.717) is 19.3 Å². The van der Waals surface area contributed by atoms with E-state index in [1.807, 2.05) is 0 Å². The normalized spacial score (nSPS) is 13.6. The SMILES string of the molecule is F[C-](F)C(F)CCCCCCCC(F)(F)F.[K+]. The molecule has 0 aliphatic carbocycles. The van der Waals surface area contributed by atoms with Gasteiger partial charge in [-0.25, -0.2) is 0 Å². The first kappa shape index (κ1) is 20.5. The average Bonchev–Trinajstić information content (AvgIpc) is 2.14. The third-order valence-electron chi connectivity index (χ3n) is 2.15. The second-order valence-electron chi connectivity index (χ2n) is 3.68. The summed E-state index contributed by atoms with van der Waals surface area (Å²) in [5, 5.41) is 0. The van der Waals surface area contributed by atoms with Crippen molar-refractivity contribution in [1.29, 1.82) is 0 Å². The summed E-state index contributed by atoms with van der Waals surface area (Å²) in [6, 6.07) is 0. The molecule has 0 aliphatic rings. The van der Waals surface area contributed by atoms with Crippen LogP contribution < -0.4 is 51.4 Å². The predicted molar refractivity (Wildman–Crippen MR) is 48.7 cm³/mol. The van der Waals surface area contributed by atoms with Crippen LogP contribution in [0.1, 0.15) is 44.9 Å². The molecule has 0 aromatic rings. The summed E-state index contributed by atoms with van der Waals surface area (Å²) in [4.78, 5) is 0. The topological polar surface area (TPSA) is 0 Å². The van der Waals surface area contributed by atoms with Crippen LogP contribution in [0.3, 0.4) is 0 Å². The fourth-order valence-corrected chi connectivity index (χ4v) is 1.29. The quantitative estimate of drug-likeness (QED) is 0.277.